The molecule has 29 heavy (non-hydrogen) atoms. The number of unbranched alkanes of at least 4 members (excludes halogenated alkanes) is 1. The summed E-state index contributed by atoms with van der Waals surface area (Å²) < 4.78 is 6.48. The molecule has 0 aliphatic carbocycles. The second kappa shape index (κ2) is 9.89. The molecule has 3 rings (SSSR count). The van der Waals surface area contributed by atoms with Crippen LogP contribution in [0.4, 0.5) is 4.79 Å². The van der Waals surface area contributed by atoms with Crippen molar-refractivity contribution in [3.8, 4) is 5.75 Å². The van der Waals surface area contributed by atoms with Gasteiger partial charge in [-0.25, -0.2) is 0 Å². The van der Waals surface area contributed by atoms with Crippen LogP contribution in [0.2, 0.25) is 0 Å². The molecule has 7 heteroatoms. The van der Waals surface area contributed by atoms with Gasteiger partial charge in [0.15, 0.2) is 5.78 Å². The summed E-state index contributed by atoms with van der Waals surface area (Å²) in [6.45, 7) is 2.50. The topological polar surface area (TPSA) is 63.7 Å². The lowest BCUT2D eigenvalue weighted by molar-refractivity contribution is -0.122. The standard InChI is InChI=1S/C22H20BrNO4S/c1-2-3-12-28-18-10-4-15(5-11-18)13-20-21(26)24(22(27)29-20)14-19(25)16-6-8-17(23)9-7-16/h4-11,13H,2-3,12,14H2,1H3/b20-13-. The first-order chi connectivity index (χ1) is 14.0. The first-order valence-corrected chi connectivity index (χ1v) is 10.9. The summed E-state index contributed by atoms with van der Waals surface area (Å²) in [5.74, 6) is 0.0344. The van der Waals surface area contributed by atoms with E-state index in [2.05, 4.69) is 22.9 Å². The lowest BCUT2D eigenvalue weighted by atomic mass is 10.1. The van der Waals surface area contributed by atoms with Gasteiger partial charge in [-0.05, 0) is 54.1 Å². The maximum Gasteiger partial charge on any atom is 0.293 e. The third kappa shape index (κ3) is 5.58. The van der Waals surface area contributed by atoms with E-state index in [-0.39, 0.29) is 12.3 Å². The molecule has 1 fully saturated rings. The predicted octanol–water partition coefficient (Wildman–Crippen LogP) is 5.55. The zero-order chi connectivity index (χ0) is 20.8. The molecule has 2 aromatic rings. The highest BCUT2D eigenvalue weighted by molar-refractivity contribution is 9.10. The van der Waals surface area contributed by atoms with Crippen LogP contribution in [0.1, 0.15) is 35.7 Å². The van der Waals surface area contributed by atoms with E-state index in [1.165, 1.54) is 0 Å². The number of benzene rings is 2. The van der Waals surface area contributed by atoms with Crippen molar-refractivity contribution in [2.24, 2.45) is 0 Å². The SMILES string of the molecule is CCCCOc1ccc(/C=C2\SC(=O)N(CC(=O)c3ccc(Br)cc3)C2=O)cc1. The molecule has 0 saturated carbocycles. The number of imide groups is 1. The fourth-order valence-electron chi connectivity index (χ4n) is 2.65. The minimum atomic E-state index is -0.450. The van der Waals surface area contributed by atoms with Gasteiger partial charge in [0.25, 0.3) is 11.1 Å². The van der Waals surface area contributed by atoms with Gasteiger partial charge in [-0.15, -0.1) is 0 Å². The Labute approximate surface area is 182 Å². The van der Waals surface area contributed by atoms with Crippen molar-refractivity contribution in [3.05, 3.63) is 69.0 Å². The van der Waals surface area contributed by atoms with Gasteiger partial charge in [0.05, 0.1) is 18.1 Å². The van der Waals surface area contributed by atoms with Crippen molar-refractivity contribution in [2.75, 3.05) is 13.2 Å². The van der Waals surface area contributed by atoms with Gasteiger partial charge < -0.3 is 4.74 Å². The van der Waals surface area contributed by atoms with Crippen molar-refractivity contribution in [1.29, 1.82) is 0 Å². The zero-order valence-electron chi connectivity index (χ0n) is 15.9. The molecular formula is C22H20BrNO4S. The Morgan fingerprint density at radius 3 is 2.45 bits per heavy atom. The molecule has 1 aliphatic rings. The van der Waals surface area contributed by atoms with Crippen LogP contribution in [0, 0.1) is 0 Å². The summed E-state index contributed by atoms with van der Waals surface area (Å²) >= 11 is 4.16. The molecule has 150 valence electrons. The lowest BCUT2D eigenvalue weighted by Crippen LogP contribution is -2.33. The first kappa shape index (κ1) is 21.3. The Kier molecular flexibility index (Phi) is 7.28. The van der Waals surface area contributed by atoms with E-state index in [9.17, 15) is 14.4 Å². The molecular weight excluding hydrogens is 454 g/mol. The van der Waals surface area contributed by atoms with Crippen molar-refractivity contribution in [3.63, 3.8) is 0 Å². The van der Waals surface area contributed by atoms with Gasteiger partial charge in [0, 0.05) is 10.0 Å². The molecule has 0 aromatic heterocycles. The smallest absolute Gasteiger partial charge is 0.293 e. The molecule has 0 spiro atoms. The van der Waals surface area contributed by atoms with Crippen LogP contribution >= 0.6 is 27.7 Å². The monoisotopic (exact) mass is 473 g/mol. The molecule has 0 N–H and O–H groups in total. The van der Waals surface area contributed by atoms with Crippen LogP contribution in [-0.2, 0) is 4.79 Å². The van der Waals surface area contributed by atoms with E-state index < -0.39 is 11.1 Å². The van der Waals surface area contributed by atoms with Gasteiger partial charge in [-0.3, -0.25) is 19.3 Å². The Bertz CT molecular complexity index is 938. The number of Topliss-reactive ketones (excluding diaryl/α,β-unsaturated/α-hetero) is 1. The summed E-state index contributed by atoms with van der Waals surface area (Å²) in [6.07, 6.45) is 3.72. The number of thioether (sulfide) groups is 1. The maximum atomic E-state index is 12.6. The Hall–Kier alpha value is -2.38. The highest BCUT2D eigenvalue weighted by atomic mass is 79.9. The molecule has 1 heterocycles. The molecule has 2 aromatic carbocycles. The van der Waals surface area contributed by atoms with Crippen LogP contribution in [0.25, 0.3) is 6.08 Å². The van der Waals surface area contributed by atoms with Crippen LogP contribution in [-0.4, -0.2) is 35.0 Å². The molecule has 2 amide bonds. The number of hydrogen-bond donors (Lipinski definition) is 0. The number of ketones is 1. The van der Waals surface area contributed by atoms with Gasteiger partial charge in [0.1, 0.15) is 5.75 Å². The number of ether oxygens (including phenoxy) is 1. The number of carbonyl (C=O) groups is 3. The molecule has 0 bridgehead atoms. The number of carbonyl (C=O) groups excluding carboxylic acids is 3. The summed E-state index contributed by atoms with van der Waals surface area (Å²) in [7, 11) is 0. The van der Waals surface area contributed by atoms with E-state index in [4.69, 9.17) is 4.74 Å². The van der Waals surface area contributed by atoms with Crippen molar-refractivity contribution >= 4 is 50.7 Å². The number of rotatable bonds is 8. The molecule has 5 nitrogen and oxygen atoms in total. The Morgan fingerprint density at radius 1 is 1.10 bits per heavy atom. The minimum absolute atomic E-state index is 0.270. The van der Waals surface area contributed by atoms with E-state index in [1.807, 2.05) is 24.3 Å². The van der Waals surface area contributed by atoms with Gasteiger partial charge >= 0.3 is 0 Å². The van der Waals surface area contributed by atoms with Crippen LogP contribution < -0.4 is 4.74 Å². The van der Waals surface area contributed by atoms with Crippen LogP contribution in [0.15, 0.2) is 57.9 Å². The van der Waals surface area contributed by atoms with E-state index in [1.54, 1.807) is 30.3 Å². The van der Waals surface area contributed by atoms with Gasteiger partial charge in [-0.1, -0.05) is 53.5 Å². The lowest BCUT2D eigenvalue weighted by Gasteiger charge is -2.11. The number of hydrogen-bond acceptors (Lipinski definition) is 5. The first-order valence-electron chi connectivity index (χ1n) is 9.25. The quantitative estimate of drug-likeness (QED) is 0.285. The predicted molar refractivity (Wildman–Crippen MR) is 118 cm³/mol. The van der Waals surface area contributed by atoms with Crippen molar-refractivity contribution in [1.82, 2.24) is 4.90 Å². The molecule has 0 unspecified atom stereocenters. The fraction of sp³-hybridized carbons (Fsp3) is 0.227. The van der Waals surface area contributed by atoms with E-state index >= 15 is 0 Å². The third-order valence-corrected chi connectivity index (χ3v) is 5.72. The van der Waals surface area contributed by atoms with Gasteiger partial charge in [0.2, 0.25) is 0 Å². The van der Waals surface area contributed by atoms with Gasteiger partial charge in [-0.2, -0.15) is 0 Å². The average molecular weight is 474 g/mol. The average Bonchev–Trinajstić information content (AvgIpc) is 2.97. The zero-order valence-corrected chi connectivity index (χ0v) is 18.3. The number of halogens is 1. The molecule has 1 saturated heterocycles. The van der Waals surface area contributed by atoms with Crippen LogP contribution in [0.3, 0.4) is 0 Å². The number of nitrogens with zero attached hydrogens (tertiary/aromatic N) is 1. The van der Waals surface area contributed by atoms with Crippen LogP contribution in [0.5, 0.6) is 5.75 Å². The fourth-order valence-corrected chi connectivity index (χ4v) is 3.76. The second-order valence-corrected chi connectivity index (χ2v) is 8.38. The minimum Gasteiger partial charge on any atom is -0.494 e. The summed E-state index contributed by atoms with van der Waals surface area (Å²) in [4.78, 5) is 38.6. The third-order valence-electron chi connectivity index (χ3n) is 4.29. The Morgan fingerprint density at radius 2 is 1.79 bits per heavy atom. The summed E-state index contributed by atoms with van der Waals surface area (Å²) in [5, 5.41) is -0.439. The highest BCUT2D eigenvalue weighted by Crippen LogP contribution is 2.32. The maximum absolute atomic E-state index is 12.6. The van der Waals surface area contributed by atoms with E-state index in [0.717, 1.165) is 45.3 Å². The van der Waals surface area contributed by atoms with Crippen molar-refractivity contribution in [2.45, 2.75) is 19.8 Å². The second-order valence-electron chi connectivity index (χ2n) is 6.47. The normalized spacial score (nSPS) is 15.2. The molecule has 1 aliphatic heterocycles. The van der Waals surface area contributed by atoms with Crippen molar-refractivity contribution < 1.29 is 19.1 Å². The number of amides is 2. The summed E-state index contributed by atoms with van der Waals surface area (Å²) in [5.41, 5.74) is 1.24. The largest absolute Gasteiger partial charge is 0.494 e. The molecule has 0 atom stereocenters. The Balaban J connectivity index is 1.66. The summed E-state index contributed by atoms with van der Waals surface area (Å²) in [6, 6.07) is 14.2. The van der Waals surface area contributed by atoms with E-state index in [0.29, 0.717) is 17.1 Å². The molecule has 0 radical (unpaired) electrons. The highest BCUT2D eigenvalue weighted by Gasteiger charge is 2.36.